The molecule has 0 aliphatic carbocycles. The maximum Gasteiger partial charge on any atom is 0.276 e. The average molecular weight is 223 g/mol. The van der Waals surface area contributed by atoms with Gasteiger partial charge < -0.3 is 15.5 Å². The minimum absolute atomic E-state index is 0.0637. The van der Waals surface area contributed by atoms with Gasteiger partial charge in [0, 0.05) is 39.4 Å². The predicted octanol–water partition coefficient (Wildman–Crippen LogP) is -0.610. The number of nitrogen functional groups attached to an aromatic ring is 1. The van der Waals surface area contributed by atoms with Gasteiger partial charge in [-0.3, -0.25) is 9.48 Å². The molecule has 88 valence electrons. The van der Waals surface area contributed by atoms with Crippen molar-refractivity contribution in [1.82, 2.24) is 19.6 Å². The summed E-state index contributed by atoms with van der Waals surface area (Å²) in [6.45, 7) is 3.29. The normalized spacial score (nSPS) is 17.8. The molecule has 6 nitrogen and oxygen atoms in total. The van der Waals surface area contributed by atoms with Crippen molar-refractivity contribution >= 4 is 11.6 Å². The molecule has 0 aromatic carbocycles. The first-order chi connectivity index (χ1) is 7.58. The van der Waals surface area contributed by atoms with E-state index in [0.717, 1.165) is 26.2 Å². The van der Waals surface area contributed by atoms with Gasteiger partial charge in [0.05, 0.1) is 5.69 Å². The minimum Gasteiger partial charge on any atom is -0.396 e. The molecule has 1 aliphatic heterocycles. The summed E-state index contributed by atoms with van der Waals surface area (Å²) in [7, 11) is 3.81. The topological polar surface area (TPSA) is 67.4 Å². The molecular weight excluding hydrogens is 206 g/mol. The summed E-state index contributed by atoms with van der Waals surface area (Å²) in [6.07, 6.45) is 1.66. The zero-order valence-electron chi connectivity index (χ0n) is 9.68. The van der Waals surface area contributed by atoms with Gasteiger partial charge in [-0.15, -0.1) is 0 Å². The molecule has 0 atom stereocenters. The fourth-order valence-corrected chi connectivity index (χ4v) is 1.83. The van der Waals surface area contributed by atoms with Crippen LogP contribution in [0.5, 0.6) is 0 Å². The van der Waals surface area contributed by atoms with Gasteiger partial charge in [-0.25, -0.2) is 0 Å². The van der Waals surface area contributed by atoms with Crippen molar-refractivity contribution in [1.29, 1.82) is 0 Å². The summed E-state index contributed by atoms with van der Waals surface area (Å²) < 4.78 is 1.57. The van der Waals surface area contributed by atoms with Crippen LogP contribution >= 0.6 is 0 Å². The molecular formula is C10H17N5O. The lowest BCUT2D eigenvalue weighted by Crippen LogP contribution is -2.47. The number of carbonyl (C=O) groups is 1. The van der Waals surface area contributed by atoms with Crippen molar-refractivity contribution in [3.63, 3.8) is 0 Å². The van der Waals surface area contributed by atoms with Gasteiger partial charge in [-0.05, 0) is 7.05 Å². The second-order valence-corrected chi connectivity index (χ2v) is 4.20. The fraction of sp³-hybridized carbons (Fsp3) is 0.600. The summed E-state index contributed by atoms with van der Waals surface area (Å²) in [5.41, 5.74) is 6.55. The molecule has 2 heterocycles. The molecule has 1 amide bonds. The highest BCUT2D eigenvalue weighted by Crippen LogP contribution is 2.12. The molecule has 0 unspecified atom stereocenters. The standard InChI is InChI=1S/C10H17N5O/c1-13-3-5-15(6-4-13)10(16)9-8(11)7-14(2)12-9/h7H,3-6,11H2,1-2H3. The van der Waals surface area contributed by atoms with Crippen molar-refractivity contribution < 1.29 is 4.79 Å². The molecule has 0 radical (unpaired) electrons. The lowest BCUT2D eigenvalue weighted by atomic mass is 10.2. The van der Waals surface area contributed by atoms with Gasteiger partial charge in [-0.1, -0.05) is 0 Å². The molecule has 2 N–H and O–H groups in total. The predicted molar refractivity (Wildman–Crippen MR) is 61.0 cm³/mol. The van der Waals surface area contributed by atoms with Gasteiger partial charge in [0.2, 0.25) is 0 Å². The van der Waals surface area contributed by atoms with Crippen LogP contribution in [0, 0.1) is 0 Å². The Kier molecular flexibility index (Phi) is 2.82. The highest BCUT2D eigenvalue weighted by Gasteiger charge is 2.23. The number of aryl methyl sites for hydroxylation is 1. The molecule has 1 aromatic heterocycles. The highest BCUT2D eigenvalue weighted by atomic mass is 16.2. The van der Waals surface area contributed by atoms with Crippen LogP contribution in [0.4, 0.5) is 5.69 Å². The zero-order chi connectivity index (χ0) is 11.7. The molecule has 0 bridgehead atoms. The quantitative estimate of drug-likeness (QED) is 0.689. The molecule has 1 fully saturated rings. The number of nitrogens with two attached hydrogens (primary N) is 1. The van der Waals surface area contributed by atoms with Gasteiger partial charge in [0.15, 0.2) is 5.69 Å². The smallest absolute Gasteiger partial charge is 0.276 e. The third-order valence-corrected chi connectivity index (χ3v) is 2.85. The summed E-state index contributed by atoms with van der Waals surface area (Å²) >= 11 is 0. The summed E-state index contributed by atoms with van der Waals surface area (Å²) in [4.78, 5) is 16.1. The van der Waals surface area contributed by atoms with Gasteiger partial charge >= 0.3 is 0 Å². The molecule has 1 saturated heterocycles. The zero-order valence-corrected chi connectivity index (χ0v) is 9.68. The number of amides is 1. The number of likely N-dealkylation sites (N-methyl/N-ethyl adjacent to an activating group) is 1. The number of nitrogens with zero attached hydrogens (tertiary/aromatic N) is 4. The van der Waals surface area contributed by atoms with E-state index in [-0.39, 0.29) is 5.91 Å². The number of rotatable bonds is 1. The molecule has 0 saturated carbocycles. The van der Waals surface area contributed by atoms with Crippen molar-refractivity contribution in [3.05, 3.63) is 11.9 Å². The Morgan fingerprint density at radius 1 is 1.31 bits per heavy atom. The van der Waals surface area contributed by atoms with E-state index >= 15 is 0 Å². The molecule has 0 spiro atoms. The van der Waals surface area contributed by atoms with E-state index in [4.69, 9.17) is 5.73 Å². The van der Waals surface area contributed by atoms with E-state index < -0.39 is 0 Å². The molecule has 6 heteroatoms. The first kappa shape index (κ1) is 10.9. The van der Waals surface area contributed by atoms with Crippen LogP contribution in [0.25, 0.3) is 0 Å². The maximum absolute atomic E-state index is 12.1. The number of carbonyl (C=O) groups excluding carboxylic acids is 1. The van der Waals surface area contributed by atoms with E-state index in [1.54, 1.807) is 22.8 Å². The maximum atomic E-state index is 12.1. The van der Waals surface area contributed by atoms with Crippen molar-refractivity contribution in [2.45, 2.75) is 0 Å². The van der Waals surface area contributed by atoms with E-state index in [0.29, 0.717) is 11.4 Å². The number of aromatic nitrogens is 2. The van der Waals surface area contributed by atoms with Crippen LogP contribution in [0.15, 0.2) is 6.20 Å². The molecule has 2 rings (SSSR count). The summed E-state index contributed by atoms with van der Waals surface area (Å²) in [5, 5.41) is 4.09. The van der Waals surface area contributed by atoms with Crippen LogP contribution < -0.4 is 5.73 Å². The number of piperazine rings is 1. The largest absolute Gasteiger partial charge is 0.396 e. The van der Waals surface area contributed by atoms with Crippen LogP contribution in [-0.2, 0) is 7.05 Å². The second-order valence-electron chi connectivity index (χ2n) is 4.20. The number of anilines is 1. The third kappa shape index (κ3) is 2.01. The van der Waals surface area contributed by atoms with Crippen molar-refractivity contribution in [2.24, 2.45) is 7.05 Å². The van der Waals surface area contributed by atoms with Gasteiger partial charge in [0.1, 0.15) is 0 Å². The average Bonchev–Trinajstić information content (AvgIpc) is 2.58. The SMILES string of the molecule is CN1CCN(C(=O)c2nn(C)cc2N)CC1. The molecule has 1 aromatic rings. The van der Waals surface area contributed by atoms with Crippen molar-refractivity contribution in [2.75, 3.05) is 39.0 Å². The van der Waals surface area contributed by atoms with Crippen LogP contribution in [-0.4, -0.2) is 58.7 Å². The Labute approximate surface area is 94.6 Å². The Hall–Kier alpha value is -1.56. The second kappa shape index (κ2) is 4.13. The van der Waals surface area contributed by atoms with Crippen molar-refractivity contribution in [3.8, 4) is 0 Å². The fourth-order valence-electron chi connectivity index (χ4n) is 1.83. The monoisotopic (exact) mass is 223 g/mol. The lowest BCUT2D eigenvalue weighted by molar-refractivity contribution is 0.0658. The Balaban J connectivity index is 2.10. The van der Waals surface area contributed by atoms with E-state index in [9.17, 15) is 4.79 Å². The first-order valence-corrected chi connectivity index (χ1v) is 5.35. The first-order valence-electron chi connectivity index (χ1n) is 5.35. The van der Waals surface area contributed by atoms with Gasteiger partial charge in [-0.2, -0.15) is 5.10 Å². The van der Waals surface area contributed by atoms with Crippen LogP contribution in [0.2, 0.25) is 0 Å². The minimum atomic E-state index is -0.0637. The van der Waals surface area contributed by atoms with E-state index in [1.165, 1.54) is 0 Å². The Bertz CT molecular complexity index is 392. The summed E-state index contributed by atoms with van der Waals surface area (Å²) in [6, 6.07) is 0. The third-order valence-electron chi connectivity index (χ3n) is 2.85. The number of hydrogen-bond donors (Lipinski definition) is 1. The van der Waals surface area contributed by atoms with Gasteiger partial charge in [0.25, 0.3) is 5.91 Å². The van der Waals surface area contributed by atoms with E-state index in [2.05, 4.69) is 17.0 Å². The van der Waals surface area contributed by atoms with E-state index in [1.807, 2.05) is 0 Å². The highest BCUT2D eigenvalue weighted by molar-refractivity contribution is 5.97. The Morgan fingerprint density at radius 2 is 1.94 bits per heavy atom. The lowest BCUT2D eigenvalue weighted by Gasteiger charge is -2.31. The van der Waals surface area contributed by atoms with Crippen LogP contribution in [0.1, 0.15) is 10.5 Å². The number of hydrogen-bond acceptors (Lipinski definition) is 4. The Morgan fingerprint density at radius 3 is 2.44 bits per heavy atom. The summed E-state index contributed by atoms with van der Waals surface area (Å²) in [5.74, 6) is -0.0637. The molecule has 16 heavy (non-hydrogen) atoms. The van der Waals surface area contributed by atoms with Crippen LogP contribution in [0.3, 0.4) is 0 Å². The molecule has 1 aliphatic rings.